The zero-order valence-corrected chi connectivity index (χ0v) is 15.7. The van der Waals surface area contributed by atoms with Crippen molar-refractivity contribution in [1.29, 1.82) is 0 Å². The largest absolute Gasteiger partial charge is 0.300 e. The first-order valence-electron chi connectivity index (χ1n) is 8.20. The molecule has 1 N–H and O–H groups in total. The maximum Gasteiger partial charge on any atom is 0.230 e. The fraction of sp³-hybridized carbons (Fsp3) is 0.250. The maximum atomic E-state index is 12.2. The molecule has 0 radical (unpaired) electrons. The molecule has 0 aliphatic carbocycles. The Kier molecular flexibility index (Phi) is 4.95. The Balaban J connectivity index is 1.81. The molecule has 1 aromatic heterocycles. The molecule has 3 rings (SSSR count). The van der Waals surface area contributed by atoms with E-state index in [0.29, 0.717) is 11.6 Å². The lowest BCUT2D eigenvalue weighted by Gasteiger charge is -2.12. The van der Waals surface area contributed by atoms with Gasteiger partial charge in [0.15, 0.2) is 0 Å². The van der Waals surface area contributed by atoms with Crippen LogP contribution in [0.5, 0.6) is 0 Å². The highest BCUT2D eigenvalue weighted by atomic mass is 32.1. The van der Waals surface area contributed by atoms with Gasteiger partial charge in [0, 0.05) is 5.56 Å². The molecule has 0 fully saturated rings. The monoisotopic (exact) mass is 351 g/mol. The van der Waals surface area contributed by atoms with Crippen molar-refractivity contribution in [3.8, 4) is 10.6 Å². The molecule has 0 bridgehead atoms. The Morgan fingerprint density at radius 1 is 1.00 bits per heavy atom. The number of hydrogen-bond acceptors (Lipinski definition) is 4. The highest BCUT2D eigenvalue weighted by molar-refractivity contribution is 7.18. The third-order valence-corrected chi connectivity index (χ3v) is 5.31. The first kappa shape index (κ1) is 17.3. The number of rotatable bonds is 4. The van der Waals surface area contributed by atoms with Gasteiger partial charge in [-0.15, -0.1) is 10.2 Å². The van der Waals surface area contributed by atoms with Crippen molar-refractivity contribution < 1.29 is 4.79 Å². The van der Waals surface area contributed by atoms with Gasteiger partial charge >= 0.3 is 0 Å². The van der Waals surface area contributed by atoms with Gasteiger partial charge in [-0.05, 0) is 55.5 Å². The van der Waals surface area contributed by atoms with E-state index >= 15 is 0 Å². The van der Waals surface area contributed by atoms with E-state index in [1.165, 1.54) is 33.6 Å². The number of anilines is 1. The molecule has 4 nitrogen and oxygen atoms in total. The summed E-state index contributed by atoms with van der Waals surface area (Å²) < 4.78 is 0. The molecule has 2 aromatic carbocycles. The number of nitrogens with one attached hydrogen (secondary N) is 1. The van der Waals surface area contributed by atoms with Crippen LogP contribution in [0.2, 0.25) is 0 Å². The van der Waals surface area contributed by atoms with Crippen LogP contribution in [0.15, 0.2) is 36.4 Å². The molecule has 0 aliphatic rings. The summed E-state index contributed by atoms with van der Waals surface area (Å²) in [6.45, 7) is 8.42. The van der Waals surface area contributed by atoms with Crippen LogP contribution in [0, 0.1) is 27.7 Å². The predicted octanol–water partition coefficient (Wildman–Crippen LogP) is 4.62. The summed E-state index contributed by atoms with van der Waals surface area (Å²) in [7, 11) is 0. The van der Waals surface area contributed by atoms with Gasteiger partial charge in [-0.1, -0.05) is 47.7 Å². The molecule has 0 saturated carbocycles. The van der Waals surface area contributed by atoms with Crippen molar-refractivity contribution in [1.82, 2.24) is 10.2 Å². The summed E-state index contributed by atoms with van der Waals surface area (Å²) in [4.78, 5) is 12.2. The van der Waals surface area contributed by atoms with E-state index in [2.05, 4.69) is 49.3 Å². The standard InChI is InChI=1S/C20H21N3OS/c1-12-10-13(2)15(4)18(14(12)3)19-22-23-20(25-19)21-17(24)11-16-8-6-5-7-9-16/h5-10H,11H2,1-4H3,(H,21,23,24). The van der Waals surface area contributed by atoms with Crippen LogP contribution in [0.4, 0.5) is 5.13 Å². The summed E-state index contributed by atoms with van der Waals surface area (Å²) in [6.07, 6.45) is 0.331. The number of aromatic nitrogens is 2. The van der Waals surface area contributed by atoms with Crippen molar-refractivity contribution in [2.45, 2.75) is 34.1 Å². The SMILES string of the molecule is Cc1cc(C)c(C)c(-c2nnc(NC(=O)Cc3ccccc3)s2)c1C. The number of carbonyl (C=O) groups is 1. The van der Waals surface area contributed by atoms with Gasteiger partial charge in [0.2, 0.25) is 11.0 Å². The zero-order valence-electron chi connectivity index (χ0n) is 14.9. The molecule has 0 saturated heterocycles. The summed E-state index contributed by atoms with van der Waals surface area (Å²) in [6, 6.07) is 11.9. The molecule has 128 valence electrons. The molecular formula is C20H21N3OS. The quantitative estimate of drug-likeness (QED) is 0.746. The third-order valence-electron chi connectivity index (χ3n) is 4.46. The Hall–Kier alpha value is -2.53. The van der Waals surface area contributed by atoms with E-state index in [4.69, 9.17) is 0 Å². The minimum absolute atomic E-state index is 0.0808. The lowest BCUT2D eigenvalue weighted by molar-refractivity contribution is -0.115. The summed E-state index contributed by atoms with van der Waals surface area (Å²) in [5, 5.41) is 12.7. The van der Waals surface area contributed by atoms with Gasteiger partial charge in [0.25, 0.3) is 0 Å². The average Bonchev–Trinajstić information content (AvgIpc) is 3.02. The van der Waals surface area contributed by atoms with Crippen LogP contribution in [0.3, 0.4) is 0 Å². The number of hydrogen-bond donors (Lipinski definition) is 1. The molecule has 0 atom stereocenters. The van der Waals surface area contributed by atoms with Crippen LogP contribution >= 0.6 is 11.3 Å². The van der Waals surface area contributed by atoms with E-state index in [1.807, 2.05) is 30.3 Å². The molecule has 0 spiro atoms. The molecule has 0 aliphatic heterocycles. The van der Waals surface area contributed by atoms with Gasteiger partial charge in [-0.25, -0.2) is 0 Å². The second-order valence-corrected chi connectivity index (χ2v) is 7.24. The van der Waals surface area contributed by atoms with Crippen LogP contribution in [-0.2, 0) is 11.2 Å². The minimum Gasteiger partial charge on any atom is -0.300 e. The number of amides is 1. The van der Waals surface area contributed by atoms with Crippen molar-refractivity contribution >= 4 is 22.4 Å². The first-order valence-corrected chi connectivity index (χ1v) is 9.02. The van der Waals surface area contributed by atoms with Crippen LogP contribution in [0.25, 0.3) is 10.6 Å². The maximum absolute atomic E-state index is 12.2. The predicted molar refractivity (Wildman–Crippen MR) is 103 cm³/mol. The summed E-state index contributed by atoms with van der Waals surface area (Å²) in [5.74, 6) is -0.0808. The van der Waals surface area contributed by atoms with Crippen LogP contribution in [0.1, 0.15) is 27.8 Å². The first-order chi connectivity index (χ1) is 12.0. The van der Waals surface area contributed by atoms with Gasteiger partial charge < -0.3 is 5.32 Å². The Morgan fingerprint density at radius 2 is 1.64 bits per heavy atom. The Morgan fingerprint density at radius 3 is 2.28 bits per heavy atom. The van der Waals surface area contributed by atoms with Crippen LogP contribution < -0.4 is 5.32 Å². The number of aryl methyl sites for hydroxylation is 2. The molecule has 3 aromatic rings. The molecule has 0 unspecified atom stereocenters. The van der Waals surface area contributed by atoms with E-state index in [1.54, 1.807) is 0 Å². The highest BCUT2D eigenvalue weighted by Crippen LogP contribution is 2.34. The molecule has 1 heterocycles. The summed E-state index contributed by atoms with van der Waals surface area (Å²) >= 11 is 1.42. The highest BCUT2D eigenvalue weighted by Gasteiger charge is 2.16. The van der Waals surface area contributed by atoms with Crippen molar-refractivity contribution in [2.24, 2.45) is 0 Å². The zero-order chi connectivity index (χ0) is 18.0. The summed E-state index contributed by atoms with van der Waals surface area (Å²) in [5.41, 5.74) is 7.00. The van der Waals surface area contributed by atoms with E-state index in [-0.39, 0.29) is 5.91 Å². The fourth-order valence-electron chi connectivity index (χ4n) is 2.86. The number of benzene rings is 2. The smallest absolute Gasteiger partial charge is 0.230 e. The normalized spacial score (nSPS) is 10.7. The van der Waals surface area contributed by atoms with Crippen molar-refractivity contribution in [2.75, 3.05) is 5.32 Å². The van der Waals surface area contributed by atoms with E-state index in [0.717, 1.165) is 16.1 Å². The minimum atomic E-state index is -0.0808. The van der Waals surface area contributed by atoms with Gasteiger partial charge in [-0.2, -0.15) is 0 Å². The van der Waals surface area contributed by atoms with E-state index < -0.39 is 0 Å². The van der Waals surface area contributed by atoms with Crippen molar-refractivity contribution in [3.05, 3.63) is 64.2 Å². The number of carbonyl (C=O) groups excluding carboxylic acids is 1. The van der Waals surface area contributed by atoms with E-state index in [9.17, 15) is 4.79 Å². The van der Waals surface area contributed by atoms with Gasteiger partial charge in [0.05, 0.1) is 6.42 Å². The van der Waals surface area contributed by atoms with Crippen LogP contribution in [-0.4, -0.2) is 16.1 Å². The lowest BCUT2D eigenvalue weighted by atomic mass is 9.95. The Bertz CT molecular complexity index is 890. The molecule has 25 heavy (non-hydrogen) atoms. The number of nitrogens with zero attached hydrogens (tertiary/aromatic N) is 2. The average molecular weight is 351 g/mol. The molecule has 1 amide bonds. The Labute approximate surface area is 151 Å². The molecular weight excluding hydrogens is 330 g/mol. The fourth-order valence-corrected chi connectivity index (χ4v) is 3.78. The second-order valence-electron chi connectivity index (χ2n) is 6.26. The lowest BCUT2D eigenvalue weighted by Crippen LogP contribution is -2.14. The van der Waals surface area contributed by atoms with Gasteiger partial charge in [0.1, 0.15) is 5.01 Å². The topological polar surface area (TPSA) is 54.9 Å². The molecule has 5 heteroatoms. The van der Waals surface area contributed by atoms with Crippen molar-refractivity contribution in [3.63, 3.8) is 0 Å². The second kappa shape index (κ2) is 7.15. The third kappa shape index (κ3) is 3.77. The van der Waals surface area contributed by atoms with Gasteiger partial charge in [-0.3, -0.25) is 4.79 Å².